The fourth-order valence-electron chi connectivity index (χ4n) is 2.74. The van der Waals surface area contributed by atoms with Crippen LogP contribution in [0.3, 0.4) is 0 Å². The van der Waals surface area contributed by atoms with Crippen molar-refractivity contribution in [2.45, 2.75) is 40.0 Å². The summed E-state index contributed by atoms with van der Waals surface area (Å²) in [5, 5.41) is 9.67. The number of aromatic nitrogens is 1. The van der Waals surface area contributed by atoms with Gasteiger partial charge in [-0.2, -0.15) is 0 Å². The molecule has 100 valence electrons. The van der Waals surface area contributed by atoms with Gasteiger partial charge in [-0.25, -0.2) is 0 Å². The Bertz CT molecular complexity index is 440. The highest BCUT2D eigenvalue weighted by molar-refractivity contribution is 5.41. The van der Waals surface area contributed by atoms with Gasteiger partial charge in [-0.05, 0) is 44.4 Å². The molecule has 0 amide bonds. The van der Waals surface area contributed by atoms with E-state index >= 15 is 0 Å². The first-order valence-electron chi connectivity index (χ1n) is 6.61. The zero-order valence-corrected chi connectivity index (χ0v) is 11.8. The lowest BCUT2D eigenvalue weighted by Crippen LogP contribution is -2.27. The van der Waals surface area contributed by atoms with E-state index in [1.807, 2.05) is 13.1 Å². The molecular weight excluding hydrogens is 226 g/mol. The Morgan fingerprint density at radius 1 is 1.44 bits per heavy atom. The van der Waals surface area contributed by atoms with Crippen molar-refractivity contribution in [3.63, 3.8) is 0 Å². The Morgan fingerprint density at radius 3 is 2.61 bits per heavy atom. The molecule has 3 nitrogen and oxygen atoms in total. The lowest BCUT2D eigenvalue weighted by atomic mass is 9.80. The Labute approximate surface area is 109 Å². The van der Waals surface area contributed by atoms with Crippen molar-refractivity contribution >= 4 is 0 Å². The molecule has 0 saturated heterocycles. The predicted octanol–water partition coefficient (Wildman–Crippen LogP) is 2.66. The van der Waals surface area contributed by atoms with Gasteiger partial charge in [-0.3, -0.25) is 4.98 Å². The lowest BCUT2D eigenvalue weighted by Gasteiger charge is -2.28. The van der Waals surface area contributed by atoms with Crippen LogP contribution in [-0.2, 0) is 6.42 Å². The van der Waals surface area contributed by atoms with Crippen LogP contribution < -0.4 is 4.74 Å². The fraction of sp³-hybridized carbons (Fsp3) is 0.667. The Morgan fingerprint density at radius 2 is 2.11 bits per heavy atom. The van der Waals surface area contributed by atoms with Crippen LogP contribution in [0.25, 0.3) is 0 Å². The van der Waals surface area contributed by atoms with Gasteiger partial charge in [0.2, 0.25) is 0 Å². The molecule has 0 bridgehead atoms. The molecule has 1 aromatic rings. The van der Waals surface area contributed by atoms with Crippen molar-refractivity contribution in [1.82, 2.24) is 4.98 Å². The van der Waals surface area contributed by atoms with E-state index in [4.69, 9.17) is 4.74 Å². The summed E-state index contributed by atoms with van der Waals surface area (Å²) in [6.07, 6.45) is 5.17. The highest BCUT2D eigenvalue weighted by atomic mass is 16.5. The van der Waals surface area contributed by atoms with Gasteiger partial charge in [-0.15, -0.1) is 0 Å². The van der Waals surface area contributed by atoms with Crippen molar-refractivity contribution in [3.8, 4) is 5.75 Å². The van der Waals surface area contributed by atoms with Crippen molar-refractivity contribution in [2.24, 2.45) is 11.3 Å². The van der Waals surface area contributed by atoms with Gasteiger partial charge in [0.1, 0.15) is 5.75 Å². The number of pyridine rings is 1. The second-order valence-corrected chi connectivity index (χ2v) is 5.81. The van der Waals surface area contributed by atoms with Crippen molar-refractivity contribution in [3.05, 3.63) is 23.0 Å². The lowest BCUT2D eigenvalue weighted by molar-refractivity contribution is 0.118. The van der Waals surface area contributed by atoms with Crippen LogP contribution in [-0.4, -0.2) is 23.8 Å². The molecule has 1 unspecified atom stereocenters. The minimum atomic E-state index is -0.0297. The Balaban J connectivity index is 2.28. The van der Waals surface area contributed by atoms with Crippen LogP contribution in [0.15, 0.2) is 6.20 Å². The van der Waals surface area contributed by atoms with Gasteiger partial charge < -0.3 is 9.84 Å². The maximum atomic E-state index is 9.67. The van der Waals surface area contributed by atoms with E-state index in [2.05, 4.69) is 18.8 Å². The topological polar surface area (TPSA) is 42.4 Å². The van der Waals surface area contributed by atoms with Crippen LogP contribution in [0.1, 0.15) is 36.6 Å². The first-order chi connectivity index (χ1) is 8.51. The zero-order chi connectivity index (χ0) is 13.3. The third-order valence-corrected chi connectivity index (χ3v) is 4.25. The average Bonchev–Trinajstić information content (AvgIpc) is 3.18. The Kier molecular flexibility index (Phi) is 3.62. The van der Waals surface area contributed by atoms with Gasteiger partial charge in [-0.1, -0.05) is 6.92 Å². The smallest absolute Gasteiger partial charge is 0.128 e. The predicted molar refractivity (Wildman–Crippen MR) is 71.9 cm³/mol. The molecule has 1 heterocycles. The molecule has 1 aliphatic carbocycles. The van der Waals surface area contributed by atoms with Gasteiger partial charge in [0.25, 0.3) is 0 Å². The van der Waals surface area contributed by atoms with Crippen LogP contribution in [0.2, 0.25) is 0 Å². The molecule has 0 aromatic carbocycles. The summed E-state index contributed by atoms with van der Waals surface area (Å²) in [4.78, 5) is 4.54. The maximum Gasteiger partial charge on any atom is 0.128 e. The normalized spacial score (nSPS) is 18.5. The van der Waals surface area contributed by atoms with E-state index < -0.39 is 0 Å². The second-order valence-electron chi connectivity index (χ2n) is 5.81. The molecule has 1 aromatic heterocycles. The van der Waals surface area contributed by atoms with Crippen LogP contribution >= 0.6 is 0 Å². The molecular formula is C15H23NO2. The zero-order valence-electron chi connectivity index (χ0n) is 11.8. The number of rotatable bonds is 5. The highest BCUT2D eigenvalue weighted by Gasteiger charge is 2.41. The van der Waals surface area contributed by atoms with Crippen LogP contribution in [0.5, 0.6) is 5.75 Å². The molecule has 0 aliphatic heterocycles. The van der Waals surface area contributed by atoms with Gasteiger partial charge >= 0.3 is 0 Å². The highest BCUT2D eigenvalue weighted by Crippen LogP contribution is 2.47. The molecule has 0 radical (unpaired) electrons. The number of hydrogen-bond donors (Lipinski definition) is 1. The number of methoxy groups -OCH3 is 1. The van der Waals surface area contributed by atoms with E-state index in [9.17, 15) is 5.11 Å². The van der Waals surface area contributed by atoms with Gasteiger partial charge in [0.05, 0.1) is 7.11 Å². The minimum absolute atomic E-state index is 0.0297. The number of hydrogen-bond acceptors (Lipinski definition) is 3. The summed E-state index contributed by atoms with van der Waals surface area (Å²) in [5.41, 5.74) is 3.20. The van der Waals surface area contributed by atoms with Crippen molar-refractivity contribution < 1.29 is 9.84 Å². The average molecular weight is 249 g/mol. The molecule has 1 aliphatic rings. The quantitative estimate of drug-likeness (QED) is 0.872. The summed E-state index contributed by atoms with van der Waals surface area (Å²) in [7, 11) is 1.70. The number of aryl methyl sites for hydroxylation is 1. The minimum Gasteiger partial charge on any atom is -0.496 e. The molecule has 1 atom stereocenters. The first-order valence-corrected chi connectivity index (χ1v) is 6.61. The molecule has 1 N–H and O–H groups in total. The number of aliphatic hydroxyl groups is 1. The summed E-state index contributed by atoms with van der Waals surface area (Å²) in [6.45, 7) is 6.46. The van der Waals surface area contributed by atoms with E-state index in [0.717, 1.165) is 29.0 Å². The third-order valence-electron chi connectivity index (χ3n) is 4.25. The van der Waals surface area contributed by atoms with Crippen molar-refractivity contribution in [2.75, 3.05) is 13.7 Å². The van der Waals surface area contributed by atoms with Gasteiger partial charge in [0.15, 0.2) is 0 Å². The van der Waals surface area contributed by atoms with Crippen LogP contribution in [0.4, 0.5) is 0 Å². The summed E-state index contributed by atoms with van der Waals surface area (Å²) < 4.78 is 5.44. The van der Waals surface area contributed by atoms with E-state index in [1.165, 1.54) is 12.8 Å². The third kappa shape index (κ3) is 2.37. The number of nitrogens with zero attached hydrogens (tertiary/aromatic N) is 1. The molecule has 0 spiro atoms. The van der Waals surface area contributed by atoms with E-state index in [-0.39, 0.29) is 12.0 Å². The van der Waals surface area contributed by atoms with Crippen LogP contribution in [0, 0.1) is 25.2 Å². The first kappa shape index (κ1) is 13.3. The largest absolute Gasteiger partial charge is 0.496 e. The summed E-state index contributed by atoms with van der Waals surface area (Å²) in [6, 6.07) is 0. The number of aliphatic hydroxyl groups excluding tert-OH is 1. The number of ether oxygens (including phenoxy) is 1. The molecule has 1 saturated carbocycles. The van der Waals surface area contributed by atoms with E-state index in [0.29, 0.717) is 5.92 Å². The molecule has 18 heavy (non-hydrogen) atoms. The standard InChI is InChI=1S/C15H23NO2/c1-10-8-16-13(11(2)14(10)18-4)7-15(3,9-17)12-5-6-12/h8,12,17H,5-7,9H2,1-4H3. The summed E-state index contributed by atoms with van der Waals surface area (Å²) >= 11 is 0. The maximum absolute atomic E-state index is 9.67. The summed E-state index contributed by atoms with van der Waals surface area (Å²) in [5.74, 6) is 1.58. The van der Waals surface area contributed by atoms with Crippen molar-refractivity contribution in [1.29, 1.82) is 0 Å². The fourth-order valence-corrected chi connectivity index (χ4v) is 2.74. The monoisotopic (exact) mass is 249 g/mol. The second kappa shape index (κ2) is 4.88. The molecule has 2 rings (SSSR count). The van der Waals surface area contributed by atoms with E-state index in [1.54, 1.807) is 7.11 Å². The van der Waals surface area contributed by atoms with Gasteiger partial charge in [0, 0.05) is 29.6 Å². The Hall–Kier alpha value is -1.09. The SMILES string of the molecule is COc1c(C)cnc(CC(C)(CO)C2CC2)c1C. The molecule has 3 heteroatoms. The molecule has 1 fully saturated rings.